The summed E-state index contributed by atoms with van der Waals surface area (Å²) >= 11 is 1.38. The summed E-state index contributed by atoms with van der Waals surface area (Å²) in [5.74, 6) is -0.194. The summed E-state index contributed by atoms with van der Waals surface area (Å²) in [6.45, 7) is 0.485. The molecule has 1 heterocycles. The van der Waals surface area contributed by atoms with Crippen LogP contribution in [0.4, 0.5) is 5.13 Å². The van der Waals surface area contributed by atoms with Gasteiger partial charge in [0.1, 0.15) is 0 Å². The number of hydrogen-bond acceptors (Lipinski definition) is 5. The highest BCUT2D eigenvalue weighted by molar-refractivity contribution is 7.13. The first-order valence-corrected chi connectivity index (χ1v) is 6.55. The third-order valence-corrected chi connectivity index (χ3v) is 3.21. The van der Waals surface area contributed by atoms with Crippen LogP contribution in [0.5, 0.6) is 0 Å². The fraction of sp³-hybridized carbons (Fsp3) is 0.154. The zero-order valence-electron chi connectivity index (χ0n) is 10.1. The summed E-state index contributed by atoms with van der Waals surface area (Å²) in [5, 5.41) is 14.0. The molecule has 1 aromatic carbocycles. The smallest absolute Gasteiger partial charge is 0.251 e. The number of rotatable bonds is 4. The Balaban J connectivity index is 1.89. The van der Waals surface area contributed by atoms with Gasteiger partial charge in [-0.1, -0.05) is 6.07 Å². The number of nitriles is 1. The standard InChI is InChI=1S/C13H12N4OS/c14-7-9-2-1-3-10(6-9)12(18)16-5-4-11-8-19-13(15)17-11/h1-3,6,8H,4-5H2,(H2,15,17)(H,16,18). The van der Waals surface area contributed by atoms with Gasteiger partial charge in [-0.15, -0.1) is 11.3 Å². The summed E-state index contributed by atoms with van der Waals surface area (Å²) in [6.07, 6.45) is 0.636. The molecule has 1 amide bonds. The minimum Gasteiger partial charge on any atom is -0.375 e. The van der Waals surface area contributed by atoms with E-state index < -0.39 is 0 Å². The first-order valence-electron chi connectivity index (χ1n) is 5.67. The zero-order chi connectivity index (χ0) is 13.7. The lowest BCUT2D eigenvalue weighted by Gasteiger charge is -2.04. The number of nitrogen functional groups attached to an aromatic ring is 1. The molecule has 5 nitrogen and oxygen atoms in total. The Morgan fingerprint density at radius 2 is 2.37 bits per heavy atom. The fourth-order valence-corrected chi connectivity index (χ4v) is 2.17. The van der Waals surface area contributed by atoms with Crippen molar-refractivity contribution in [2.75, 3.05) is 12.3 Å². The number of nitrogens with zero attached hydrogens (tertiary/aromatic N) is 2. The molecule has 1 aromatic heterocycles. The largest absolute Gasteiger partial charge is 0.375 e. The van der Waals surface area contributed by atoms with Crippen molar-refractivity contribution in [3.8, 4) is 6.07 Å². The van der Waals surface area contributed by atoms with Gasteiger partial charge in [0, 0.05) is 23.9 Å². The maximum atomic E-state index is 11.8. The van der Waals surface area contributed by atoms with Crippen LogP contribution < -0.4 is 11.1 Å². The first-order chi connectivity index (χ1) is 9.19. The second kappa shape index (κ2) is 5.98. The van der Waals surface area contributed by atoms with E-state index in [0.29, 0.717) is 29.2 Å². The van der Waals surface area contributed by atoms with E-state index >= 15 is 0 Å². The fourth-order valence-electron chi connectivity index (χ4n) is 1.57. The van der Waals surface area contributed by atoms with E-state index in [2.05, 4.69) is 10.3 Å². The van der Waals surface area contributed by atoms with E-state index in [1.807, 2.05) is 11.4 Å². The van der Waals surface area contributed by atoms with Crippen LogP contribution >= 0.6 is 11.3 Å². The quantitative estimate of drug-likeness (QED) is 0.883. The number of benzene rings is 1. The highest BCUT2D eigenvalue weighted by Crippen LogP contribution is 2.11. The molecule has 0 saturated heterocycles. The maximum Gasteiger partial charge on any atom is 0.251 e. The maximum absolute atomic E-state index is 11.8. The lowest BCUT2D eigenvalue weighted by Crippen LogP contribution is -2.25. The monoisotopic (exact) mass is 272 g/mol. The summed E-state index contributed by atoms with van der Waals surface area (Å²) < 4.78 is 0. The Morgan fingerprint density at radius 3 is 3.05 bits per heavy atom. The Labute approximate surface area is 114 Å². The molecular weight excluding hydrogens is 260 g/mol. The molecule has 0 spiro atoms. The molecule has 0 aliphatic carbocycles. The lowest BCUT2D eigenvalue weighted by atomic mass is 10.1. The van der Waals surface area contributed by atoms with E-state index in [1.54, 1.807) is 24.3 Å². The molecule has 3 N–H and O–H groups in total. The molecule has 0 fully saturated rings. The van der Waals surface area contributed by atoms with Gasteiger partial charge in [-0.3, -0.25) is 4.79 Å². The molecule has 2 rings (SSSR count). The number of thiazole rings is 1. The van der Waals surface area contributed by atoms with Gasteiger partial charge >= 0.3 is 0 Å². The molecule has 6 heteroatoms. The summed E-state index contributed by atoms with van der Waals surface area (Å²) in [7, 11) is 0. The molecule has 2 aromatic rings. The van der Waals surface area contributed by atoms with Gasteiger partial charge < -0.3 is 11.1 Å². The molecule has 0 saturated carbocycles. The third-order valence-electron chi connectivity index (χ3n) is 2.49. The first kappa shape index (κ1) is 13.1. The number of hydrogen-bond donors (Lipinski definition) is 2. The van der Waals surface area contributed by atoms with E-state index in [9.17, 15) is 4.79 Å². The Morgan fingerprint density at radius 1 is 1.53 bits per heavy atom. The number of nitrogens with one attached hydrogen (secondary N) is 1. The number of nitrogens with two attached hydrogens (primary N) is 1. The van der Waals surface area contributed by atoms with Crippen molar-refractivity contribution in [2.45, 2.75) is 6.42 Å². The Kier molecular flexibility index (Phi) is 4.11. The highest BCUT2D eigenvalue weighted by atomic mass is 32.1. The van der Waals surface area contributed by atoms with E-state index in [0.717, 1.165) is 5.69 Å². The van der Waals surface area contributed by atoms with Crippen LogP contribution in [0.15, 0.2) is 29.6 Å². The van der Waals surface area contributed by atoms with Crippen LogP contribution in [-0.4, -0.2) is 17.4 Å². The predicted octanol–water partition coefficient (Wildman–Crippen LogP) is 1.57. The SMILES string of the molecule is N#Cc1cccc(C(=O)NCCc2csc(N)n2)c1. The summed E-state index contributed by atoms with van der Waals surface area (Å²) in [4.78, 5) is 16.0. The molecule has 0 aliphatic rings. The van der Waals surface area contributed by atoms with Gasteiger partial charge in [-0.25, -0.2) is 4.98 Å². The van der Waals surface area contributed by atoms with Gasteiger partial charge in [0.25, 0.3) is 5.91 Å². The van der Waals surface area contributed by atoms with Gasteiger partial charge in [0.2, 0.25) is 0 Å². The lowest BCUT2D eigenvalue weighted by molar-refractivity contribution is 0.0954. The molecule has 0 bridgehead atoms. The van der Waals surface area contributed by atoms with Crippen LogP contribution in [0.1, 0.15) is 21.6 Å². The highest BCUT2D eigenvalue weighted by Gasteiger charge is 2.06. The number of carbonyl (C=O) groups is 1. The number of anilines is 1. The van der Waals surface area contributed by atoms with Crippen molar-refractivity contribution < 1.29 is 4.79 Å². The van der Waals surface area contributed by atoms with Crippen LogP contribution in [0.2, 0.25) is 0 Å². The van der Waals surface area contributed by atoms with E-state index in [1.165, 1.54) is 11.3 Å². The zero-order valence-corrected chi connectivity index (χ0v) is 10.9. The minimum atomic E-state index is -0.194. The molecule has 0 unspecified atom stereocenters. The van der Waals surface area contributed by atoms with Crippen molar-refractivity contribution in [1.82, 2.24) is 10.3 Å². The minimum absolute atomic E-state index is 0.194. The van der Waals surface area contributed by atoms with Gasteiger partial charge in [0.05, 0.1) is 17.3 Å². The second-order valence-electron chi connectivity index (χ2n) is 3.88. The van der Waals surface area contributed by atoms with Crippen LogP contribution in [-0.2, 0) is 6.42 Å². The van der Waals surface area contributed by atoms with Gasteiger partial charge in [-0.05, 0) is 18.2 Å². The predicted molar refractivity (Wildman–Crippen MR) is 73.7 cm³/mol. The van der Waals surface area contributed by atoms with Crippen LogP contribution in [0, 0.1) is 11.3 Å². The van der Waals surface area contributed by atoms with Crippen molar-refractivity contribution in [3.05, 3.63) is 46.5 Å². The number of carbonyl (C=O) groups excluding carboxylic acids is 1. The van der Waals surface area contributed by atoms with Crippen molar-refractivity contribution in [1.29, 1.82) is 5.26 Å². The molecular formula is C13H12N4OS. The topological polar surface area (TPSA) is 91.8 Å². The number of amides is 1. The van der Waals surface area contributed by atoms with Crippen molar-refractivity contribution in [3.63, 3.8) is 0 Å². The molecule has 0 atom stereocenters. The summed E-state index contributed by atoms with van der Waals surface area (Å²) in [5.41, 5.74) is 7.35. The Bertz CT molecular complexity index is 630. The Hall–Kier alpha value is -2.39. The normalized spacial score (nSPS) is 9.84. The van der Waals surface area contributed by atoms with E-state index in [4.69, 9.17) is 11.0 Å². The third kappa shape index (κ3) is 3.53. The second-order valence-corrected chi connectivity index (χ2v) is 4.77. The van der Waals surface area contributed by atoms with Crippen molar-refractivity contribution >= 4 is 22.4 Å². The van der Waals surface area contributed by atoms with Crippen LogP contribution in [0.3, 0.4) is 0 Å². The molecule has 0 radical (unpaired) electrons. The van der Waals surface area contributed by atoms with Crippen molar-refractivity contribution in [2.24, 2.45) is 0 Å². The van der Waals surface area contributed by atoms with Gasteiger partial charge in [0.15, 0.2) is 5.13 Å². The molecule has 0 aliphatic heterocycles. The molecule has 96 valence electrons. The van der Waals surface area contributed by atoms with Crippen LogP contribution in [0.25, 0.3) is 0 Å². The van der Waals surface area contributed by atoms with E-state index in [-0.39, 0.29) is 5.91 Å². The summed E-state index contributed by atoms with van der Waals surface area (Å²) in [6, 6.07) is 8.60. The average molecular weight is 272 g/mol. The average Bonchev–Trinajstić information content (AvgIpc) is 2.84. The van der Waals surface area contributed by atoms with Gasteiger partial charge in [-0.2, -0.15) is 5.26 Å². The number of aromatic nitrogens is 1. The molecule has 19 heavy (non-hydrogen) atoms.